The van der Waals surface area contributed by atoms with E-state index < -0.39 is 0 Å². The predicted octanol–water partition coefficient (Wildman–Crippen LogP) is 3.12. The Morgan fingerprint density at radius 3 is 2.26 bits per heavy atom. The normalized spacial score (nSPS) is 10.5. The summed E-state index contributed by atoms with van der Waals surface area (Å²) in [6.45, 7) is 0.162. The lowest BCUT2D eigenvalue weighted by Crippen LogP contribution is -2.22. The van der Waals surface area contributed by atoms with E-state index in [1.165, 1.54) is 44.2 Å². The van der Waals surface area contributed by atoms with Gasteiger partial charge in [-0.05, 0) is 35.9 Å². The highest BCUT2D eigenvalue weighted by Gasteiger charge is 2.15. The van der Waals surface area contributed by atoms with Crippen molar-refractivity contribution in [2.24, 2.45) is 0 Å². The highest BCUT2D eigenvalue weighted by atomic mass is 19.1. The molecule has 3 rings (SSSR count). The zero-order valence-electron chi connectivity index (χ0n) is 15.2. The largest absolute Gasteiger partial charge is 0.493 e. The summed E-state index contributed by atoms with van der Waals surface area (Å²) in [6, 6.07) is 12.6. The lowest BCUT2D eigenvalue weighted by Gasteiger charge is -2.14. The fourth-order valence-electron chi connectivity index (χ4n) is 2.75. The molecule has 0 saturated heterocycles. The fourth-order valence-corrected chi connectivity index (χ4v) is 2.75. The topological polar surface area (TPSA) is 62.6 Å². The van der Waals surface area contributed by atoms with E-state index in [9.17, 15) is 9.18 Å². The molecule has 3 aromatic rings. The van der Waals surface area contributed by atoms with E-state index in [2.05, 4.69) is 5.10 Å². The Labute approximate surface area is 155 Å². The molecule has 1 heterocycles. The van der Waals surface area contributed by atoms with Crippen molar-refractivity contribution in [3.63, 3.8) is 0 Å². The minimum Gasteiger partial charge on any atom is -0.493 e. The molecule has 0 unspecified atom stereocenters. The van der Waals surface area contributed by atoms with E-state index in [-0.39, 0.29) is 17.9 Å². The third kappa shape index (κ3) is 3.92. The van der Waals surface area contributed by atoms with Crippen LogP contribution in [0.4, 0.5) is 4.39 Å². The van der Waals surface area contributed by atoms with Crippen molar-refractivity contribution >= 4 is 0 Å². The molecule has 0 fully saturated rings. The van der Waals surface area contributed by atoms with Gasteiger partial charge >= 0.3 is 0 Å². The molecule has 1 aromatic heterocycles. The third-order valence-electron chi connectivity index (χ3n) is 4.05. The molecule has 27 heavy (non-hydrogen) atoms. The number of aromatic nitrogens is 2. The molecule has 0 N–H and O–H groups in total. The molecule has 140 valence electrons. The molecular formula is C20H19FN2O4. The van der Waals surface area contributed by atoms with Crippen molar-refractivity contribution < 1.29 is 18.6 Å². The molecule has 0 amide bonds. The molecule has 0 aliphatic carbocycles. The van der Waals surface area contributed by atoms with Crippen LogP contribution in [0.1, 0.15) is 5.56 Å². The van der Waals surface area contributed by atoms with Crippen LogP contribution >= 0.6 is 0 Å². The standard InChI is InChI=1S/C20H19FN2O4/c1-25-17-10-14(11-18(26-2)20(17)27-3)16-7-8-19(24)23(22-16)12-13-5-4-6-15(21)9-13/h4-11H,12H2,1-3H3. The van der Waals surface area contributed by atoms with Crippen LogP contribution in [0.5, 0.6) is 17.2 Å². The lowest BCUT2D eigenvalue weighted by molar-refractivity contribution is 0.324. The van der Waals surface area contributed by atoms with Gasteiger partial charge in [0.25, 0.3) is 5.56 Å². The van der Waals surface area contributed by atoms with Gasteiger partial charge in [0, 0.05) is 11.6 Å². The summed E-state index contributed by atoms with van der Waals surface area (Å²) in [5.74, 6) is 1.08. The minimum atomic E-state index is -0.360. The molecule has 0 aliphatic rings. The second-order valence-electron chi connectivity index (χ2n) is 5.76. The number of hydrogen-bond acceptors (Lipinski definition) is 5. The third-order valence-corrected chi connectivity index (χ3v) is 4.05. The monoisotopic (exact) mass is 370 g/mol. The molecule has 0 spiro atoms. The van der Waals surface area contributed by atoms with Gasteiger partial charge in [0.05, 0.1) is 33.6 Å². The number of hydrogen-bond donors (Lipinski definition) is 0. The summed E-state index contributed by atoms with van der Waals surface area (Å²) in [7, 11) is 4.58. The molecule has 0 bridgehead atoms. The van der Waals surface area contributed by atoms with Crippen LogP contribution in [0.3, 0.4) is 0 Å². The van der Waals surface area contributed by atoms with Crippen molar-refractivity contribution in [2.45, 2.75) is 6.54 Å². The van der Waals surface area contributed by atoms with Gasteiger partial charge < -0.3 is 14.2 Å². The number of ether oxygens (including phenoxy) is 3. The van der Waals surface area contributed by atoms with Gasteiger partial charge in [-0.15, -0.1) is 0 Å². The first-order chi connectivity index (χ1) is 13.0. The van der Waals surface area contributed by atoms with E-state index in [4.69, 9.17) is 14.2 Å². The lowest BCUT2D eigenvalue weighted by atomic mass is 10.1. The quantitative estimate of drug-likeness (QED) is 0.667. The van der Waals surface area contributed by atoms with Gasteiger partial charge in [-0.3, -0.25) is 4.79 Å². The Balaban J connectivity index is 2.04. The van der Waals surface area contributed by atoms with Crippen LogP contribution in [-0.2, 0) is 6.54 Å². The first-order valence-corrected chi connectivity index (χ1v) is 8.18. The number of rotatable bonds is 6. The number of halogens is 1. The fraction of sp³-hybridized carbons (Fsp3) is 0.200. The minimum absolute atomic E-state index is 0.162. The highest BCUT2D eigenvalue weighted by Crippen LogP contribution is 2.40. The molecule has 7 heteroatoms. The van der Waals surface area contributed by atoms with Crippen LogP contribution in [0, 0.1) is 5.82 Å². The summed E-state index contributed by atoms with van der Waals surface area (Å²) >= 11 is 0. The van der Waals surface area contributed by atoms with E-state index >= 15 is 0 Å². The van der Waals surface area contributed by atoms with E-state index in [1.807, 2.05) is 0 Å². The van der Waals surface area contributed by atoms with Gasteiger partial charge in [-0.2, -0.15) is 5.10 Å². The maximum Gasteiger partial charge on any atom is 0.267 e. The second kappa shape index (κ2) is 7.90. The average Bonchev–Trinajstić information content (AvgIpc) is 2.68. The number of methoxy groups -OCH3 is 3. The molecule has 6 nitrogen and oxygen atoms in total. The SMILES string of the molecule is COc1cc(-c2ccc(=O)n(Cc3cccc(F)c3)n2)cc(OC)c1OC. The van der Waals surface area contributed by atoms with E-state index in [1.54, 1.807) is 30.3 Å². The van der Waals surface area contributed by atoms with Gasteiger partial charge in [0.1, 0.15) is 5.82 Å². The molecule has 2 aromatic carbocycles. The van der Waals surface area contributed by atoms with Gasteiger partial charge in [0.2, 0.25) is 5.75 Å². The van der Waals surface area contributed by atoms with Gasteiger partial charge in [-0.25, -0.2) is 9.07 Å². The summed E-state index contributed by atoms with van der Waals surface area (Å²) < 4.78 is 30.7. The Kier molecular flexibility index (Phi) is 5.40. The Bertz CT molecular complexity index is 992. The van der Waals surface area contributed by atoms with Crippen LogP contribution in [0.15, 0.2) is 53.3 Å². The van der Waals surface area contributed by atoms with E-state index in [0.717, 1.165) is 0 Å². The van der Waals surface area contributed by atoms with Crippen molar-refractivity contribution in [3.05, 3.63) is 70.3 Å². The number of benzene rings is 2. The first kappa shape index (κ1) is 18.4. The van der Waals surface area contributed by atoms with Crippen molar-refractivity contribution in [3.8, 4) is 28.5 Å². The molecule has 0 radical (unpaired) electrons. The summed E-state index contributed by atoms with van der Waals surface area (Å²) in [4.78, 5) is 12.2. The van der Waals surface area contributed by atoms with Crippen LogP contribution in [0.2, 0.25) is 0 Å². The van der Waals surface area contributed by atoms with Gasteiger partial charge in [0.15, 0.2) is 11.5 Å². The summed E-state index contributed by atoms with van der Waals surface area (Å²) in [6.07, 6.45) is 0. The van der Waals surface area contributed by atoms with Crippen LogP contribution in [-0.4, -0.2) is 31.1 Å². The highest BCUT2D eigenvalue weighted by molar-refractivity contribution is 5.68. The Morgan fingerprint density at radius 1 is 0.963 bits per heavy atom. The van der Waals surface area contributed by atoms with Crippen molar-refractivity contribution in [1.82, 2.24) is 9.78 Å². The van der Waals surface area contributed by atoms with Crippen molar-refractivity contribution in [1.29, 1.82) is 0 Å². The second-order valence-corrected chi connectivity index (χ2v) is 5.76. The Morgan fingerprint density at radius 2 is 1.67 bits per heavy atom. The van der Waals surface area contributed by atoms with Crippen LogP contribution < -0.4 is 19.8 Å². The Hall–Kier alpha value is -3.35. The van der Waals surface area contributed by atoms with Crippen LogP contribution in [0.25, 0.3) is 11.3 Å². The predicted molar refractivity (Wildman–Crippen MR) is 99.1 cm³/mol. The molecule has 0 atom stereocenters. The summed E-state index contributed by atoms with van der Waals surface area (Å²) in [5.41, 5.74) is 1.60. The maximum absolute atomic E-state index is 13.4. The molecule has 0 saturated carbocycles. The summed E-state index contributed by atoms with van der Waals surface area (Å²) in [5, 5.41) is 4.40. The van der Waals surface area contributed by atoms with E-state index in [0.29, 0.717) is 34.1 Å². The molecular weight excluding hydrogens is 351 g/mol. The molecule has 0 aliphatic heterocycles. The number of nitrogens with zero attached hydrogens (tertiary/aromatic N) is 2. The zero-order valence-corrected chi connectivity index (χ0v) is 15.2. The smallest absolute Gasteiger partial charge is 0.267 e. The zero-order chi connectivity index (χ0) is 19.4. The van der Waals surface area contributed by atoms with Crippen molar-refractivity contribution in [2.75, 3.05) is 21.3 Å². The van der Waals surface area contributed by atoms with Gasteiger partial charge in [-0.1, -0.05) is 12.1 Å². The first-order valence-electron chi connectivity index (χ1n) is 8.18. The average molecular weight is 370 g/mol. The maximum atomic E-state index is 13.4.